The lowest BCUT2D eigenvalue weighted by Crippen LogP contribution is -2.22. The maximum absolute atomic E-state index is 11.6. The minimum atomic E-state index is -0.0971. The van der Waals surface area contributed by atoms with E-state index < -0.39 is 0 Å². The summed E-state index contributed by atoms with van der Waals surface area (Å²) in [5.41, 5.74) is 1.72. The molecule has 2 aromatic heterocycles. The number of aryl methyl sites for hydroxylation is 1. The number of hydrogen-bond acceptors (Lipinski definition) is 6. The van der Waals surface area contributed by atoms with Crippen LogP contribution in [0.1, 0.15) is 42.2 Å². The van der Waals surface area contributed by atoms with Crippen molar-refractivity contribution in [3.63, 3.8) is 0 Å². The number of nitrogens with zero attached hydrogens (tertiary/aromatic N) is 3. The summed E-state index contributed by atoms with van der Waals surface area (Å²) in [4.78, 5) is 25.5. The summed E-state index contributed by atoms with van der Waals surface area (Å²) in [5.74, 6) is 0.688. The third kappa shape index (κ3) is 4.46. The summed E-state index contributed by atoms with van der Waals surface area (Å²) in [6.07, 6.45) is 0.772. The number of H-pyrrole nitrogens is 1. The molecule has 0 bridgehead atoms. The summed E-state index contributed by atoms with van der Waals surface area (Å²) in [6.45, 7) is 5.25. The molecule has 1 atom stereocenters. The first-order chi connectivity index (χ1) is 10.5. The molecule has 2 rings (SSSR count). The van der Waals surface area contributed by atoms with Crippen LogP contribution < -0.4 is 5.56 Å². The molecular formula is C15H22N4O2S. The Hall–Kier alpha value is -1.57. The summed E-state index contributed by atoms with van der Waals surface area (Å²) in [6, 6.07) is 1.54. The fraction of sp³-hybridized carbons (Fsp3) is 0.533. The van der Waals surface area contributed by atoms with Crippen LogP contribution in [0.2, 0.25) is 0 Å². The highest BCUT2D eigenvalue weighted by atomic mass is 32.1. The van der Waals surface area contributed by atoms with Gasteiger partial charge in [0.25, 0.3) is 5.56 Å². The van der Waals surface area contributed by atoms with Gasteiger partial charge in [-0.25, -0.2) is 9.97 Å². The van der Waals surface area contributed by atoms with Crippen molar-refractivity contribution in [2.75, 3.05) is 14.2 Å². The molecule has 0 saturated carbocycles. The number of aromatic amines is 1. The molecule has 7 heteroatoms. The summed E-state index contributed by atoms with van der Waals surface area (Å²) >= 11 is 1.60. The third-order valence-corrected chi connectivity index (χ3v) is 4.38. The van der Waals surface area contributed by atoms with E-state index >= 15 is 0 Å². The van der Waals surface area contributed by atoms with Crippen molar-refractivity contribution in [2.45, 2.75) is 39.5 Å². The molecule has 0 saturated heterocycles. The molecular weight excluding hydrogens is 300 g/mol. The van der Waals surface area contributed by atoms with Gasteiger partial charge < -0.3 is 9.72 Å². The van der Waals surface area contributed by atoms with E-state index in [0.29, 0.717) is 18.9 Å². The van der Waals surface area contributed by atoms with Crippen molar-refractivity contribution in [3.05, 3.63) is 44.0 Å². The van der Waals surface area contributed by atoms with Crippen molar-refractivity contribution >= 4 is 11.3 Å². The molecule has 1 N–H and O–H groups in total. The molecule has 1 unspecified atom stereocenters. The maximum atomic E-state index is 11.6. The minimum absolute atomic E-state index is 0.0170. The zero-order valence-electron chi connectivity index (χ0n) is 13.4. The van der Waals surface area contributed by atoms with E-state index in [1.807, 2.05) is 26.3 Å². The fourth-order valence-electron chi connectivity index (χ4n) is 2.09. The lowest BCUT2D eigenvalue weighted by atomic mass is 10.3. The number of hydrogen-bond donors (Lipinski definition) is 1. The molecule has 0 aromatic carbocycles. The van der Waals surface area contributed by atoms with Crippen molar-refractivity contribution in [1.29, 1.82) is 0 Å². The van der Waals surface area contributed by atoms with Crippen molar-refractivity contribution < 1.29 is 4.74 Å². The summed E-state index contributed by atoms with van der Waals surface area (Å²) in [7, 11) is 3.66. The van der Waals surface area contributed by atoms with Crippen LogP contribution in [0.4, 0.5) is 0 Å². The molecule has 2 aromatic rings. The first-order valence-corrected chi connectivity index (χ1v) is 8.14. The van der Waals surface area contributed by atoms with Gasteiger partial charge in [0.1, 0.15) is 16.9 Å². The van der Waals surface area contributed by atoms with Crippen LogP contribution in [-0.4, -0.2) is 34.0 Å². The van der Waals surface area contributed by atoms with Gasteiger partial charge in [-0.3, -0.25) is 9.69 Å². The van der Waals surface area contributed by atoms with E-state index in [-0.39, 0.29) is 11.7 Å². The number of rotatable bonds is 7. The van der Waals surface area contributed by atoms with Crippen LogP contribution in [0.3, 0.4) is 0 Å². The number of methoxy groups -OCH3 is 1. The first kappa shape index (κ1) is 16.8. The Morgan fingerprint density at radius 1 is 1.36 bits per heavy atom. The Morgan fingerprint density at radius 2 is 2.14 bits per heavy atom. The Kier molecular flexibility index (Phi) is 5.82. The van der Waals surface area contributed by atoms with Crippen molar-refractivity contribution in [2.24, 2.45) is 0 Å². The molecule has 0 aliphatic heterocycles. The number of thiazole rings is 1. The van der Waals surface area contributed by atoms with Crippen LogP contribution in [-0.2, 0) is 24.2 Å². The zero-order chi connectivity index (χ0) is 16.1. The van der Waals surface area contributed by atoms with Gasteiger partial charge >= 0.3 is 0 Å². The van der Waals surface area contributed by atoms with Gasteiger partial charge in [-0.1, -0.05) is 6.92 Å². The predicted octanol–water partition coefficient (Wildman–Crippen LogP) is 2.13. The van der Waals surface area contributed by atoms with Crippen LogP contribution in [0.5, 0.6) is 0 Å². The van der Waals surface area contributed by atoms with E-state index in [4.69, 9.17) is 4.74 Å². The van der Waals surface area contributed by atoms with Crippen LogP contribution in [0.25, 0.3) is 0 Å². The largest absolute Gasteiger partial charge is 0.375 e. The lowest BCUT2D eigenvalue weighted by molar-refractivity contribution is 0.119. The van der Waals surface area contributed by atoms with Crippen LogP contribution >= 0.6 is 11.3 Å². The van der Waals surface area contributed by atoms with E-state index in [1.165, 1.54) is 0 Å². The van der Waals surface area contributed by atoms with E-state index in [9.17, 15) is 4.79 Å². The second-order valence-corrected chi connectivity index (χ2v) is 6.15. The van der Waals surface area contributed by atoms with Crippen molar-refractivity contribution in [1.82, 2.24) is 19.9 Å². The maximum Gasteiger partial charge on any atom is 0.251 e. The second-order valence-electron chi connectivity index (χ2n) is 5.26. The molecule has 6 nitrogen and oxygen atoms in total. The average Bonchev–Trinajstić information content (AvgIpc) is 2.93. The van der Waals surface area contributed by atoms with E-state index in [1.54, 1.807) is 24.5 Å². The Labute approximate surface area is 134 Å². The molecule has 0 radical (unpaired) electrons. The third-order valence-electron chi connectivity index (χ3n) is 3.33. The first-order valence-electron chi connectivity index (χ1n) is 7.26. The SMILES string of the molecule is CCc1cc(=O)[nH]c(CN(C)Cc2csc(C(C)OC)n2)n1. The lowest BCUT2D eigenvalue weighted by Gasteiger charge is -2.14. The smallest absolute Gasteiger partial charge is 0.251 e. The highest BCUT2D eigenvalue weighted by Gasteiger charge is 2.11. The quantitative estimate of drug-likeness (QED) is 0.845. The van der Waals surface area contributed by atoms with Gasteiger partial charge in [0, 0.05) is 30.8 Å². The summed E-state index contributed by atoms with van der Waals surface area (Å²) in [5, 5.41) is 3.02. The van der Waals surface area contributed by atoms with E-state index in [2.05, 4.69) is 19.9 Å². The minimum Gasteiger partial charge on any atom is -0.375 e. The molecule has 0 fully saturated rings. The van der Waals surface area contributed by atoms with Gasteiger partial charge in [-0.05, 0) is 20.4 Å². The zero-order valence-corrected chi connectivity index (χ0v) is 14.2. The number of aromatic nitrogens is 3. The Morgan fingerprint density at radius 3 is 2.82 bits per heavy atom. The number of nitrogens with one attached hydrogen (secondary N) is 1. The monoisotopic (exact) mass is 322 g/mol. The number of ether oxygens (including phenoxy) is 1. The van der Waals surface area contributed by atoms with Gasteiger partial charge in [0.2, 0.25) is 0 Å². The van der Waals surface area contributed by atoms with Crippen molar-refractivity contribution in [3.8, 4) is 0 Å². The van der Waals surface area contributed by atoms with Crippen LogP contribution in [0, 0.1) is 0 Å². The molecule has 22 heavy (non-hydrogen) atoms. The highest BCUT2D eigenvalue weighted by molar-refractivity contribution is 7.09. The Bertz CT molecular complexity index is 668. The molecule has 0 aliphatic rings. The molecule has 120 valence electrons. The predicted molar refractivity (Wildman–Crippen MR) is 86.9 cm³/mol. The second kappa shape index (κ2) is 7.62. The topological polar surface area (TPSA) is 71.1 Å². The average molecular weight is 322 g/mol. The van der Waals surface area contributed by atoms with E-state index in [0.717, 1.165) is 22.8 Å². The normalized spacial score (nSPS) is 12.8. The molecule has 0 amide bonds. The molecule has 2 heterocycles. The van der Waals surface area contributed by atoms with Gasteiger partial charge in [-0.15, -0.1) is 11.3 Å². The summed E-state index contributed by atoms with van der Waals surface area (Å²) < 4.78 is 5.27. The van der Waals surface area contributed by atoms with Gasteiger partial charge in [-0.2, -0.15) is 0 Å². The molecule has 0 spiro atoms. The van der Waals surface area contributed by atoms with Gasteiger partial charge in [0.15, 0.2) is 0 Å². The highest BCUT2D eigenvalue weighted by Crippen LogP contribution is 2.21. The molecule has 0 aliphatic carbocycles. The van der Waals surface area contributed by atoms with Crippen LogP contribution in [0.15, 0.2) is 16.2 Å². The fourth-order valence-corrected chi connectivity index (χ4v) is 2.93. The van der Waals surface area contributed by atoms with Gasteiger partial charge in [0.05, 0.1) is 12.2 Å². The standard InChI is InChI=1S/C15H22N4O2S/c1-5-11-6-14(20)18-13(16-11)8-19(3)7-12-9-22-15(17-12)10(2)21-4/h6,9-10H,5,7-8H2,1-4H3,(H,16,18,20). The Balaban J connectivity index is 2.01.